The van der Waals surface area contributed by atoms with Gasteiger partial charge in [-0.05, 0) is 47.9 Å². The van der Waals surface area contributed by atoms with Crippen molar-refractivity contribution in [2.24, 2.45) is 0 Å². The fourth-order valence-corrected chi connectivity index (χ4v) is 3.34. The van der Waals surface area contributed by atoms with Crippen molar-refractivity contribution in [1.82, 2.24) is 4.98 Å². The monoisotopic (exact) mass is 440 g/mol. The molecule has 1 aromatic heterocycles. The fraction of sp³-hybridized carbons (Fsp3) is 0.208. The van der Waals surface area contributed by atoms with Crippen molar-refractivity contribution in [3.8, 4) is 16.9 Å². The second kappa shape index (κ2) is 9.71. The summed E-state index contributed by atoms with van der Waals surface area (Å²) in [5, 5.41) is 10.8. The molecule has 0 spiro atoms. The molecule has 0 aliphatic carbocycles. The highest BCUT2D eigenvalue weighted by Gasteiger charge is 2.16. The van der Waals surface area contributed by atoms with Crippen molar-refractivity contribution < 1.29 is 19.1 Å². The minimum atomic E-state index is -0.571. The van der Waals surface area contributed by atoms with E-state index in [-0.39, 0.29) is 36.0 Å². The lowest BCUT2D eigenvalue weighted by Crippen LogP contribution is -2.25. The Bertz CT molecular complexity index is 1120. The summed E-state index contributed by atoms with van der Waals surface area (Å²) in [5.74, 6) is -1.02. The Labute approximate surface area is 185 Å². The van der Waals surface area contributed by atoms with Gasteiger partial charge in [0, 0.05) is 37.2 Å². The minimum absolute atomic E-state index is 0.121. The van der Waals surface area contributed by atoms with Crippen molar-refractivity contribution in [2.75, 3.05) is 11.9 Å². The molecule has 160 valence electrons. The van der Waals surface area contributed by atoms with E-state index in [1.807, 2.05) is 6.07 Å². The van der Waals surface area contributed by atoms with E-state index in [9.17, 15) is 19.1 Å². The molecule has 0 saturated carbocycles. The van der Waals surface area contributed by atoms with Crippen LogP contribution in [-0.4, -0.2) is 28.8 Å². The largest absolute Gasteiger partial charge is 0.507 e. The van der Waals surface area contributed by atoms with Crippen LogP contribution in [0.5, 0.6) is 5.75 Å². The first-order valence-corrected chi connectivity index (χ1v) is 10.2. The third-order valence-corrected chi connectivity index (χ3v) is 5.27. The molecular formula is C24H22ClFN2O3. The Hall–Kier alpha value is -3.25. The fourth-order valence-electron chi connectivity index (χ4n) is 3.22. The van der Waals surface area contributed by atoms with Gasteiger partial charge in [-0.15, -0.1) is 0 Å². The third-order valence-electron chi connectivity index (χ3n) is 5.05. The van der Waals surface area contributed by atoms with Gasteiger partial charge in [-0.3, -0.25) is 9.59 Å². The second-order valence-electron chi connectivity index (χ2n) is 7.12. The molecule has 0 unspecified atom stereocenters. The molecule has 0 atom stereocenters. The molecule has 1 N–H and O–H groups in total. The number of carbonyl (C=O) groups excluding carboxylic acids is 2. The van der Waals surface area contributed by atoms with Gasteiger partial charge in [-0.25, -0.2) is 9.37 Å². The van der Waals surface area contributed by atoms with Crippen LogP contribution in [0, 0.1) is 5.82 Å². The maximum atomic E-state index is 14.6. The first-order valence-electron chi connectivity index (χ1n) is 9.83. The van der Waals surface area contributed by atoms with E-state index >= 15 is 0 Å². The number of anilines is 1. The lowest BCUT2D eigenvalue weighted by atomic mass is 9.98. The van der Waals surface area contributed by atoms with Crippen molar-refractivity contribution >= 4 is 29.0 Å². The number of halogens is 2. The highest BCUT2D eigenvalue weighted by atomic mass is 35.5. The van der Waals surface area contributed by atoms with E-state index in [4.69, 9.17) is 11.6 Å². The summed E-state index contributed by atoms with van der Waals surface area (Å²) >= 11 is 5.76. The van der Waals surface area contributed by atoms with Crippen LogP contribution in [0.15, 0.2) is 54.7 Å². The number of aromatic nitrogens is 1. The molecule has 0 aliphatic heterocycles. The molecule has 3 aromatic rings. The lowest BCUT2D eigenvalue weighted by molar-refractivity contribution is -0.118. The average Bonchev–Trinajstić information content (AvgIpc) is 2.77. The summed E-state index contributed by atoms with van der Waals surface area (Å²) in [6.45, 7) is 1.71. The Morgan fingerprint density at radius 3 is 2.52 bits per heavy atom. The molecule has 1 heterocycles. The number of hydrogen-bond donors (Lipinski definition) is 1. The molecular weight excluding hydrogens is 419 g/mol. The van der Waals surface area contributed by atoms with E-state index in [1.165, 1.54) is 30.1 Å². The summed E-state index contributed by atoms with van der Waals surface area (Å²) in [7, 11) is 1.52. The first-order chi connectivity index (χ1) is 14.8. The van der Waals surface area contributed by atoms with Crippen LogP contribution in [0.25, 0.3) is 11.1 Å². The number of Topliss-reactive ketones (excluding diaryl/α,β-unsaturated/α-hetero) is 1. The maximum absolute atomic E-state index is 14.6. The number of nitrogens with zero attached hydrogens (tertiary/aromatic N) is 2. The smallest absolute Gasteiger partial charge is 0.226 e. The molecule has 2 aromatic carbocycles. The molecule has 0 aliphatic rings. The third kappa shape index (κ3) is 5.27. The Morgan fingerprint density at radius 1 is 1.13 bits per heavy atom. The number of carbonyl (C=O) groups is 2. The summed E-state index contributed by atoms with van der Waals surface area (Å²) in [6.07, 6.45) is 2.65. The topological polar surface area (TPSA) is 70.5 Å². The van der Waals surface area contributed by atoms with Gasteiger partial charge in [-0.2, -0.15) is 0 Å². The van der Waals surface area contributed by atoms with Gasteiger partial charge in [0.1, 0.15) is 16.7 Å². The highest BCUT2D eigenvalue weighted by molar-refractivity contribution is 6.29. The van der Waals surface area contributed by atoms with E-state index in [2.05, 4.69) is 4.98 Å². The van der Waals surface area contributed by atoms with Crippen molar-refractivity contribution in [1.29, 1.82) is 0 Å². The van der Waals surface area contributed by atoms with E-state index in [0.717, 1.165) is 5.56 Å². The molecule has 0 fully saturated rings. The number of amides is 1. The van der Waals surface area contributed by atoms with Gasteiger partial charge >= 0.3 is 0 Å². The zero-order valence-electron chi connectivity index (χ0n) is 17.2. The van der Waals surface area contributed by atoms with Crippen LogP contribution in [0.2, 0.25) is 5.15 Å². The predicted octanol–water partition coefficient (Wildman–Crippen LogP) is 5.44. The van der Waals surface area contributed by atoms with Crippen molar-refractivity contribution in [3.05, 3.63) is 76.8 Å². The van der Waals surface area contributed by atoms with E-state index in [0.29, 0.717) is 28.3 Å². The number of phenolic OH excluding ortho intramolecular Hbond substituents is 1. The zero-order valence-corrected chi connectivity index (χ0v) is 18.0. The molecule has 0 saturated heterocycles. The highest BCUT2D eigenvalue weighted by Crippen LogP contribution is 2.33. The number of aromatic hydroxyl groups is 1. The summed E-state index contributed by atoms with van der Waals surface area (Å²) in [6, 6.07) is 12.4. The first kappa shape index (κ1) is 22.4. The Balaban J connectivity index is 1.75. The Morgan fingerprint density at radius 2 is 1.90 bits per heavy atom. The maximum Gasteiger partial charge on any atom is 0.226 e. The molecule has 1 amide bonds. The van der Waals surface area contributed by atoms with Gasteiger partial charge in [-0.1, -0.05) is 36.7 Å². The van der Waals surface area contributed by atoms with Crippen LogP contribution >= 0.6 is 11.6 Å². The van der Waals surface area contributed by atoms with Gasteiger partial charge < -0.3 is 10.0 Å². The van der Waals surface area contributed by atoms with E-state index in [1.54, 1.807) is 37.4 Å². The number of pyridine rings is 1. The molecule has 31 heavy (non-hydrogen) atoms. The van der Waals surface area contributed by atoms with Crippen LogP contribution in [-0.2, 0) is 11.2 Å². The molecule has 5 nitrogen and oxygen atoms in total. The Kier molecular flexibility index (Phi) is 7.02. The number of aryl methyl sites for hydroxylation is 1. The normalized spacial score (nSPS) is 10.7. The number of hydrogen-bond acceptors (Lipinski definition) is 4. The number of benzene rings is 2. The van der Waals surface area contributed by atoms with Crippen molar-refractivity contribution in [2.45, 2.75) is 26.2 Å². The number of phenols is 1. The molecule has 0 bridgehead atoms. The second-order valence-corrected chi connectivity index (χ2v) is 7.50. The molecule has 0 radical (unpaired) electrons. The predicted molar refractivity (Wildman–Crippen MR) is 119 cm³/mol. The summed E-state index contributed by atoms with van der Waals surface area (Å²) in [4.78, 5) is 29.6. The van der Waals surface area contributed by atoms with E-state index < -0.39 is 5.82 Å². The number of rotatable bonds is 7. The van der Waals surface area contributed by atoms with Gasteiger partial charge in [0.05, 0.1) is 5.69 Å². The quantitative estimate of drug-likeness (QED) is 0.392. The SMILES string of the molecule is CCC(=O)N(C)c1ccc(-c2ccc(C(=O)CCc3ccc(Cl)nc3)cc2O)cc1F. The number of ketones is 1. The van der Waals surface area contributed by atoms with Crippen LogP contribution in [0.3, 0.4) is 0 Å². The standard InChI is InChI=1S/C24H22ClFN2O3/c1-3-24(31)28(2)20-9-7-16(12-19(20)26)18-8-6-17(13-22(18)30)21(29)10-4-15-5-11-23(25)27-14-15/h5-9,11-14,30H,3-4,10H2,1-2H3. The minimum Gasteiger partial charge on any atom is -0.507 e. The van der Waals surface area contributed by atoms with Crippen LogP contribution in [0.4, 0.5) is 10.1 Å². The van der Waals surface area contributed by atoms with Gasteiger partial charge in [0.2, 0.25) is 5.91 Å². The van der Waals surface area contributed by atoms with Gasteiger partial charge in [0.15, 0.2) is 5.78 Å². The van der Waals surface area contributed by atoms with Crippen LogP contribution < -0.4 is 4.90 Å². The lowest BCUT2D eigenvalue weighted by Gasteiger charge is -2.18. The molecule has 3 rings (SSSR count). The summed E-state index contributed by atoms with van der Waals surface area (Å²) < 4.78 is 14.6. The zero-order chi connectivity index (χ0) is 22.5. The average molecular weight is 441 g/mol. The van der Waals surface area contributed by atoms with Crippen LogP contribution in [0.1, 0.15) is 35.7 Å². The molecule has 7 heteroatoms. The van der Waals surface area contributed by atoms with Crippen molar-refractivity contribution in [3.63, 3.8) is 0 Å². The summed E-state index contributed by atoms with van der Waals surface area (Å²) in [5.41, 5.74) is 2.27. The van der Waals surface area contributed by atoms with Gasteiger partial charge in [0.25, 0.3) is 0 Å².